The quantitative estimate of drug-likeness (QED) is 0.537. The molecule has 0 bridgehead atoms. The highest BCUT2D eigenvalue weighted by atomic mass is 16.7. The Kier molecular flexibility index (Phi) is 4.82. The minimum Gasteiger partial charge on any atom is -0.367 e. The second-order valence-electron chi connectivity index (χ2n) is 5.93. The average molecular weight is 254 g/mol. The van der Waals surface area contributed by atoms with Crippen LogP contribution in [0.1, 0.15) is 52.9 Å². The van der Waals surface area contributed by atoms with Crippen LogP contribution in [0.5, 0.6) is 0 Å². The van der Waals surface area contributed by atoms with Crippen LogP contribution in [0.2, 0.25) is 0 Å². The Morgan fingerprint density at radius 1 is 1.39 bits per heavy atom. The third-order valence-corrected chi connectivity index (χ3v) is 3.82. The van der Waals surface area contributed by atoms with Gasteiger partial charge in [-0.2, -0.15) is 0 Å². The van der Waals surface area contributed by atoms with E-state index in [1.54, 1.807) is 0 Å². The van der Waals surface area contributed by atoms with E-state index in [-0.39, 0.29) is 11.9 Å². The fraction of sp³-hybridized carbons (Fsp3) is 0.867. The van der Waals surface area contributed by atoms with Crippen molar-refractivity contribution in [1.29, 1.82) is 0 Å². The van der Waals surface area contributed by atoms with Gasteiger partial charge in [0.2, 0.25) is 0 Å². The molecule has 0 unspecified atom stereocenters. The second-order valence-corrected chi connectivity index (χ2v) is 5.93. The molecule has 0 aromatic heterocycles. The molecule has 2 saturated heterocycles. The summed E-state index contributed by atoms with van der Waals surface area (Å²) in [7, 11) is 0. The third-order valence-electron chi connectivity index (χ3n) is 3.82. The summed E-state index contributed by atoms with van der Waals surface area (Å²) in [6.45, 7) is 7.99. The molecular formula is C15H26O3. The Balaban J connectivity index is 1.57. The number of rotatable bonds is 6. The highest BCUT2D eigenvalue weighted by Gasteiger charge is 2.46. The number of allylic oxidation sites excluding steroid dienone is 1. The summed E-state index contributed by atoms with van der Waals surface area (Å²) < 4.78 is 16.8. The number of ether oxygens (including phenoxy) is 3. The molecule has 0 aliphatic carbocycles. The Labute approximate surface area is 110 Å². The summed E-state index contributed by atoms with van der Waals surface area (Å²) in [5, 5.41) is 0. The van der Waals surface area contributed by atoms with Crippen LogP contribution in [-0.2, 0) is 14.2 Å². The lowest BCUT2D eigenvalue weighted by molar-refractivity contribution is -0.155. The zero-order valence-electron chi connectivity index (χ0n) is 11.9. The fourth-order valence-corrected chi connectivity index (χ4v) is 2.34. The number of hydrogen-bond donors (Lipinski definition) is 0. The van der Waals surface area contributed by atoms with Gasteiger partial charge in [0, 0.05) is 6.61 Å². The lowest BCUT2D eigenvalue weighted by atomic mass is 10.0. The third kappa shape index (κ3) is 4.38. The molecule has 2 heterocycles. The highest BCUT2D eigenvalue weighted by molar-refractivity contribution is 5.02. The number of epoxide rings is 1. The largest absolute Gasteiger partial charge is 0.367 e. The molecule has 18 heavy (non-hydrogen) atoms. The molecule has 2 rings (SSSR count). The summed E-state index contributed by atoms with van der Waals surface area (Å²) in [6, 6.07) is 0. The van der Waals surface area contributed by atoms with Gasteiger partial charge in [0.15, 0.2) is 6.29 Å². The zero-order chi connectivity index (χ0) is 13.0. The second kappa shape index (κ2) is 6.18. The van der Waals surface area contributed by atoms with Crippen molar-refractivity contribution < 1.29 is 14.2 Å². The van der Waals surface area contributed by atoms with Crippen molar-refractivity contribution >= 4 is 0 Å². The van der Waals surface area contributed by atoms with E-state index in [0.29, 0.717) is 12.7 Å². The van der Waals surface area contributed by atoms with E-state index >= 15 is 0 Å². The van der Waals surface area contributed by atoms with Crippen LogP contribution in [0.15, 0.2) is 11.6 Å². The van der Waals surface area contributed by atoms with Gasteiger partial charge in [0.1, 0.15) is 0 Å². The highest BCUT2D eigenvalue weighted by Crippen LogP contribution is 2.38. The Morgan fingerprint density at radius 2 is 2.17 bits per heavy atom. The van der Waals surface area contributed by atoms with Gasteiger partial charge >= 0.3 is 0 Å². The first kappa shape index (κ1) is 14.0. The van der Waals surface area contributed by atoms with Gasteiger partial charge in [-0.25, -0.2) is 0 Å². The van der Waals surface area contributed by atoms with Gasteiger partial charge in [0.05, 0.1) is 18.3 Å². The van der Waals surface area contributed by atoms with Crippen LogP contribution in [0.3, 0.4) is 0 Å². The smallest absolute Gasteiger partial charge is 0.157 e. The minimum atomic E-state index is 0.0218. The predicted octanol–water partition coefficient (Wildman–Crippen LogP) is 3.43. The van der Waals surface area contributed by atoms with E-state index in [4.69, 9.17) is 14.2 Å². The van der Waals surface area contributed by atoms with Gasteiger partial charge in [-0.1, -0.05) is 11.6 Å². The molecule has 3 heteroatoms. The molecule has 0 spiro atoms. The van der Waals surface area contributed by atoms with Crippen molar-refractivity contribution in [2.24, 2.45) is 0 Å². The molecule has 2 atom stereocenters. The van der Waals surface area contributed by atoms with Crippen LogP contribution in [0.25, 0.3) is 0 Å². The van der Waals surface area contributed by atoms with Crippen molar-refractivity contribution in [1.82, 2.24) is 0 Å². The maximum absolute atomic E-state index is 5.69. The Hall–Kier alpha value is -0.380. The van der Waals surface area contributed by atoms with Gasteiger partial charge < -0.3 is 14.2 Å². The normalized spacial score (nSPS) is 31.4. The Morgan fingerprint density at radius 3 is 2.78 bits per heavy atom. The number of hydrogen-bond acceptors (Lipinski definition) is 3. The Bertz CT molecular complexity index is 290. The minimum absolute atomic E-state index is 0.0218. The van der Waals surface area contributed by atoms with E-state index in [0.717, 1.165) is 25.9 Å². The van der Waals surface area contributed by atoms with Gasteiger partial charge in [-0.15, -0.1) is 0 Å². The van der Waals surface area contributed by atoms with Crippen molar-refractivity contribution in [3.63, 3.8) is 0 Å². The van der Waals surface area contributed by atoms with Gasteiger partial charge in [-0.05, 0) is 52.9 Å². The molecule has 2 fully saturated rings. The maximum atomic E-state index is 5.69. The molecule has 0 aromatic rings. The summed E-state index contributed by atoms with van der Waals surface area (Å²) in [5.41, 5.74) is 1.50. The van der Waals surface area contributed by atoms with E-state index in [2.05, 4.69) is 26.8 Å². The topological polar surface area (TPSA) is 31.0 Å². The van der Waals surface area contributed by atoms with Gasteiger partial charge in [-0.3, -0.25) is 0 Å². The van der Waals surface area contributed by atoms with E-state index in [9.17, 15) is 0 Å². The van der Waals surface area contributed by atoms with Crippen LogP contribution < -0.4 is 0 Å². The van der Waals surface area contributed by atoms with Crippen molar-refractivity contribution in [2.75, 3.05) is 13.2 Å². The van der Waals surface area contributed by atoms with Crippen LogP contribution in [0.4, 0.5) is 0 Å². The fourth-order valence-electron chi connectivity index (χ4n) is 2.34. The molecule has 0 saturated carbocycles. The monoisotopic (exact) mass is 254 g/mol. The first-order chi connectivity index (χ1) is 8.58. The van der Waals surface area contributed by atoms with Crippen LogP contribution in [-0.4, -0.2) is 31.2 Å². The SMILES string of the molecule is C/C(=C\CO[C@H]1CCCCO1)CC[C@H]1OC1(C)C. The van der Waals surface area contributed by atoms with E-state index in [1.807, 2.05) is 0 Å². The molecule has 3 nitrogen and oxygen atoms in total. The van der Waals surface area contributed by atoms with E-state index < -0.39 is 0 Å². The lowest BCUT2D eigenvalue weighted by Gasteiger charge is -2.22. The maximum Gasteiger partial charge on any atom is 0.157 e. The van der Waals surface area contributed by atoms with Crippen molar-refractivity contribution in [3.8, 4) is 0 Å². The summed E-state index contributed by atoms with van der Waals surface area (Å²) in [5.74, 6) is 0. The zero-order valence-corrected chi connectivity index (χ0v) is 11.9. The molecule has 104 valence electrons. The van der Waals surface area contributed by atoms with Crippen LogP contribution in [0, 0.1) is 0 Å². The molecule has 0 amide bonds. The first-order valence-corrected chi connectivity index (χ1v) is 7.14. The van der Waals surface area contributed by atoms with E-state index in [1.165, 1.54) is 18.4 Å². The predicted molar refractivity (Wildman–Crippen MR) is 71.5 cm³/mol. The summed E-state index contributed by atoms with van der Waals surface area (Å²) in [6.07, 6.45) is 8.30. The summed E-state index contributed by atoms with van der Waals surface area (Å²) in [4.78, 5) is 0. The molecule has 2 aliphatic heterocycles. The standard InChI is InChI=1S/C15H26O3/c1-12(7-8-13-15(2,3)18-13)9-11-17-14-6-4-5-10-16-14/h9,13-14H,4-8,10-11H2,1-3H3/b12-9+/t13-,14+/m1/s1. The van der Waals surface area contributed by atoms with Crippen molar-refractivity contribution in [3.05, 3.63) is 11.6 Å². The molecule has 2 aliphatic rings. The average Bonchev–Trinajstić information content (AvgIpc) is 2.96. The van der Waals surface area contributed by atoms with Crippen LogP contribution >= 0.6 is 0 Å². The molecule has 0 N–H and O–H groups in total. The molecule has 0 radical (unpaired) electrons. The molecule has 0 aromatic carbocycles. The first-order valence-electron chi connectivity index (χ1n) is 7.14. The van der Waals surface area contributed by atoms with Gasteiger partial charge in [0.25, 0.3) is 0 Å². The molecular weight excluding hydrogens is 228 g/mol. The van der Waals surface area contributed by atoms with Crippen molar-refractivity contribution in [2.45, 2.75) is 70.9 Å². The summed E-state index contributed by atoms with van der Waals surface area (Å²) >= 11 is 0. The lowest BCUT2D eigenvalue weighted by Crippen LogP contribution is -2.22.